The SMILES string of the molecule is CC(=O)/C=C(/C)N/N=C(\C(=O)c1ccccc1)c1ccccc1. The Morgan fingerprint density at radius 2 is 1.39 bits per heavy atom. The van der Waals surface area contributed by atoms with Gasteiger partial charge in [-0.05, 0) is 13.8 Å². The third-order valence-electron chi connectivity index (χ3n) is 3.06. The fourth-order valence-corrected chi connectivity index (χ4v) is 2.05. The van der Waals surface area contributed by atoms with E-state index in [2.05, 4.69) is 10.5 Å². The topological polar surface area (TPSA) is 58.5 Å². The number of nitrogens with one attached hydrogen (secondary N) is 1. The molecular formula is C19H18N2O2. The van der Waals surface area contributed by atoms with Crippen LogP contribution in [0.3, 0.4) is 0 Å². The van der Waals surface area contributed by atoms with Crippen LogP contribution in [0.4, 0.5) is 0 Å². The summed E-state index contributed by atoms with van der Waals surface area (Å²) >= 11 is 0. The maximum atomic E-state index is 12.7. The minimum absolute atomic E-state index is 0.0825. The van der Waals surface area contributed by atoms with E-state index in [-0.39, 0.29) is 11.6 Å². The summed E-state index contributed by atoms with van der Waals surface area (Å²) in [4.78, 5) is 23.8. The molecule has 0 heterocycles. The molecule has 23 heavy (non-hydrogen) atoms. The van der Waals surface area contributed by atoms with Crippen LogP contribution in [-0.4, -0.2) is 17.3 Å². The highest BCUT2D eigenvalue weighted by Crippen LogP contribution is 2.09. The van der Waals surface area contributed by atoms with E-state index in [0.29, 0.717) is 22.5 Å². The summed E-state index contributed by atoms with van der Waals surface area (Å²) in [6.07, 6.45) is 1.43. The van der Waals surface area contributed by atoms with Crippen LogP contribution in [0.25, 0.3) is 0 Å². The van der Waals surface area contributed by atoms with Gasteiger partial charge in [0.25, 0.3) is 0 Å². The molecule has 0 saturated heterocycles. The van der Waals surface area contributed by atoms with E-state index in [1.165, 1.54) is 13.0 Å². The van der Waals surface area contributed by atoms with Crippen molar-refractivity contribution >= 4 is 17.3 Å². The maximum Gasteiger partial charge on any atom is 0.213 e. The van der Waals surface area contributed by atoms with E-state index in [1.54, 1.807) is 19.1 Å². The van der Waals surface area contributed by atoms with Crippen molar-refractivity contribution in [3.8, 4) is 0 Å². The molecule has 4 nitrogen and oxygen atoms in total. The van der Waals surface area contributed by atoms with Crippen molar-refractivity contribution in [2.75, 3.05) is 0 Å². The van der Waals surface area contributed by atoms with Crippen molar-refractivity contribution < 1.29 is 9.59 Å². The van der Waals surface area contributed by atoms with Crippen molar-refractivity contribution in [3.05, 3.63) is 83.6 Å². The van der Waals surface area contributed by atoms with Gasteiger partial charge in [0.2, 0.25) is 5.78 Å². The van der Waals surface area contributed by atoms with Crippen molar-refractivity contribution in [1.82, 2.24) is 5.43 Å². The molecule has 0 aliphatic heterocycles. The van der Waals surface area contributed by atoms with Gasteiger partial charge in [0.05, 0.1) is 0 Å². The molecule has 0 unspecified atom stereocenters. The molecule has 0 saturated carbocycles. The Hall–Kier alpha value is -3.01. The summed E-state index contributed by atoms with van der Waals surface area (Å²) in [6.45, 7) is 3.18. The van der Waals surface area contributed by atoms with Crippen molar-refractivity contribution in [1.29, 1.82) is 0 Å². The molecule has 0 spiro atoms. The zero-order valence-electron chi connectivity index (χ0n) is 13.1. The van der Waals surface area contributed by atoms with E-state index in [4.69, 9.17) is 0 Å². The predicted octanol–water partition coefficient (Wildman–Crippen LogP) is 3.36. The molecule has 2 aromatic rings. The molecule has 4 heteroatoms. The highest BCUT2D eigenvalue weighted by Gasteiger charge is 2.16. The number of nitrogens with zero attached hydrogens (tertiary/aromatic N) is 1. The number of Topliss-reactive ketones (excluding diaryl/α,β-unsaturated/α-hetero) is 1. The molecule has 0 radical (unpaired) electrons. The molecule has 0 aromatic heterocycles. The number of ketones is 2. The fraction of sp³-hybridized carbons (Fsp3) is 0.105. The van der Waals surface area contributed by atoms with Crippen LogP contribution in [0, 0.1) is 0 Å². The summed E-state index contributed by atoms with van der Waals surface area (Å²) in [5.74, 6) is -0.263. The average Bonchev–Trinajstić information content (AvgIpc) is 2.56. The van der Waals surface area contributed by atoms with Crippen molar-refractivity contribution in [3.63, 3.8) is 0 Å². The highest BCUT2D eigenvalue weighted by molar-refractivity contribution is 6.51. The molecule has 2 rings (SSSR count). The Labute approximate surface area is 135 Å². The molecule has 0 bridgehead atoms. The Bertz CT molecular complexity index is 747. The number of hydrogen-bond donors (Lipinski definition) is 1. The first kappa shape index (κ1) is 16.4. The van der Waals surface area contributed by atoms with Crippen LogP contribution < -0.4 is 5.43 Å². The Balaban J connectivity index is 2.37. The van der Waals surface area contributed by atoms with Crippen LogP contribution >= 0.6 is 0 Å². The fourth-order valence-electron chi connectivity index (χ4n) is 2.05. The summed E-state index contributed by atoms with van der Waals surface area (Å²) in [5.41, 5.74) is 4.92. The second-order valence-electron chi connectivity index (χ2n) is 5.07. The lowest BCUT2D eigenvalue weighted by atomic mass is 10.0. The maximum absolute atomic E-state index is 12.7. The minimum atomic E-state index is -0.181. The van der Waals surface area contributed by atoms with Crippen LogP contribution in [0.2, 0.25) is 0 Å². The average molecular weight is 306 g/mol. The summed E-state index contributed by atoms with van der Waals surface area (Å²) in [5, 5.41) is 4.22. The zero-order chi connectivity index (χ0) is 16.7. The number of hydrazone groups is 1. The highest BCUT2D eigenvalue weighted by atomic mass is 16.1. The number of hydrogen-bond acceptors (Lipinski definition) is 4. The van der Waals surface area contributed by atoms with Gasteiger partial charge in [-0.3, -0.25) is 15.0 Å². The van der Waals surface area contributed by atoms with Crippen LogP contribution in [0.15, 0.2) is 77.5 Å². The molecule has 0 amide bonds. The third-order valence-corrected chi connectivity index (χ3v) is 3.06. The molecule has 0 atom stereocenters. The summed E-state index contributed by atoms with van der Waals surface area (Å²) in [7, 11) is 0. The number of allylic oxidation sites excluding steroid dienone is 2. The van der Waals surface area contributed by atoms with E-state index in [0.717, 1.165) is 0 Å². The lowest BCUT2D eigenvalue weighted by Gasteiger charge is -2.07. The molecule has 116 valence electrons. The Morgan fingerprint density at radius 3 is 1.91 bits per heavy atom. The normalized spacial score (nSPS) is 11.9. The Morgan fingerprint density at radius 1 is 0.870 bits per heavy atom. The number of rotatable bonds is 6. The van der Waals surface area contributed by atoms with Gasteiger partial charge < -0.3 is 0 Å². The van der Waals surface area contributed by atoms with Gasteiger partial charge in [0.15, 0.2) is 5.78 Å². The van der Waals surface area contributed by atoms with Gasteiger partial charge in [0.1, 0.15) is 5.71 Å². The van der Waals surface area contributed by atoms with E-state index >= 15 is 0 Å². The van der Waals surface area contributed by atoms with Crippen LogP contribution in [-0.2, 0) is 4.79 Å². The first-order valence-corrected chi connectivity index (χ1v) is 7.25. The number of benzene rings is 2. The van der Waals surface area contributed by atoms with E-state index in [1.807, 2.05) is 48.5 Å². The zero-order valence-corrected chi connectivity index (χ0v) is 13.1. The molecule has 0 fully saturated rings. The second-order valence-corrected chi connectivity index (χ2v) is 5.07. The van der Waals surface area contributed by atoms with E-state index < -0.39 is 0 Å². The quantitative estimate of drug-likeness (QED) is 0.385. The van der Waals surface area contributed by atoms with Gasteiger partial charge in [-0.2, -0.15) is 5.10 Å². The number of carbonyl (C=O) groups excluding carboxylic acids is 2. The molecular weight excluding hydrogens is 288 g/mol. The van der Waals surface area contributed by atoms with Gasteiger partial charge in [-0.1, -0.05) is 60.7 Å². The first-order valence-electron chi connectivity index (χ1n) is 7.25. The molecule has 2 aromatic carbocycles. The van der Waals surface area contributed by atoms with Gasteiger partial charge in [-0.15, -0.1) is 0 Å². The smallest absolute Gasteiger partial charge is 0.213 e. The third kappa shape index (κ3) is 4.74. The Kier molecular flexibility index (Phi) is 5.58. The minimum Gasteiger partial charge on any atom is -0.295 e. The van der Waals surface area contributed by atoms with Gasteiger partial charge in [0, 0.05) is 22.9 Å². The van der Waals surface area contributed by atoms with Crippen LogP contribution in [0.5, 0.6) is 0 Å². The molecule has 0 aliphatic rings. The lowest BCUT2D eigenvalue weighted by Crippen LogP contribution is -2.20. The molecule has 0 aliphatic carbocycles. The summed E-state index contributed by atoms with van der Waals surface area (Å²) < 4.78 is 0. The van der Waals surface area contributed by atoms with Crippen molar-refractivity contribution in [2.45, 2.75) is 13.8 Å². The van der Waals surface area contributed by atoms with Gasteiger partial charge in [-0.25, -0.2) is 0 Å². The molecule has 1 N–H and O–H groups in total. The first-order chi connectivity index (χ1) is 11.1. The summed E-state index contributed by atoms with van der Waals surface area (Å²) in [6, 6.07) is 18.2. The second kappa shape index (κ2) is 7.84. The monoisotopic (exact) mass is 306 g/mol. The van der Waals surface area contributed by atoms with Crippen LogP contribution in [0.1, 0.15) is 29.8 Å². The largest absolute Gasteiger partial charge is 0.295 e. The predicted molar refractivity (Wildman–Crippen MR) is 91.3 cm³/mol. The number of carbonyl (C=O) groups is 2. The van der Waals surface area contributed by atoms with Gasteiger partial charge >= 0.3 is 0 Å². The van der Waals surface area contributed by atoms with E-state index in [9.17, 15) is 9.59 Å². The lowest BCUT2D eigenvalue weighted by molar-refractivity contribution is -0.112. The standard InChI is InChI=1S/C19H18N2O2/c1-14(13-15(2)22)20-21-18(16-9-5-3-6-10-16)19(23)17-11-7-4-8-12-17/h3-13,20H,1-2H3/b14-13-,21-18-. The van der Waals surface area contributed by atoms with Crippen molar-refractivity contribution in [2.24, 2.45) is 5.10 Å².